The number of carbonyl (C=O) groups is 1. The summed E-state index contributed by atoms with van der Waals surface area (Å²) in [5, 5.41) is 0. The number of rotatable bonds is 3. The van der Waals surface area contributed by atoms with Crippen molar-refractivity contribution >= 4 is 6.29 Å². The first-order valence-corrected chi connectivity index (χ1v) is 7.27. The smallest absolute Gasteiger partial charge is 0.127 e. The number of likely N-dealkylation sites (tertiary alicyclic amines) is 1. The van der Waals surface area contributed by atoms with Crippen molar-refractivity contribution in [2.45, 2.75) is 58.9 Å². The summed E-state index contributed by atoms with van der Waals surface area (Å²) in [6.07, 6.45) is 7.31. The number of hydrogen-bond acceptors (Lipinski definition) is 2. The van der Waals surface area contributed by atoms with Crippen LogP contribution in [-0.4, -0.2) is 30.3 Å². The Labute approximate surface area is 106 Å². The zero-order valence-electron chi connectivity index (χ0n) is 11.6. The molecule has 2 nitrogen and oxygen atoms in total. The summed E-state index contributed by atoms with van der Waals surface area (Å²) in [6, 6.07) is 0.642. The van der Waals surface area contributed by atoms with Crippen LogP contribution in [0.2, 0.25) is 0 Å². The molecule has 1 heterocycles. The zero-order chi connectivity index (χ0) is 12.5. The van der Waals surface area contributed by atoms with E-state index < -0.39 is 0 Å². The van der Waals surface area contributed by atoms with Gasteiger partial charge in [-0.15, -0.1) is 0 Å². The van der Waals surface area contributed by atoms with Crippen molar-refractivity contribution in [3.8, 4) is 0 Å². The lowest BCUT2D eigenvalue weighted by atomic mass is 9.82. The molecule has 0 spiro atoms. The van der Waals surface area contributed by atoms with Gasteiger partial charge in [-0.3, -0.25) is 4.90 Å². The third kappa shape index (κ3) is 2.73. The van der Waals surface area contributed by atoms with Gasteiger partial charge in [-0.2, -0.15) is 0 Å². The molecule has 98 valence electrons. The molecule has 1 aliphatic heterocycles. The maximum Gasteiger partial charge on any atom is 0.127 e. The van der Waals surface area contributed by atoms with Crippen LogP contribution in [0, 0.1) is 17.3 Å². The summed E-state index contributed by atoms with van der Waals surface area (Å²) >= 11 is 0. The predicted octanol–water partition coefficient (Wildman–Crippen LogP) is 3.11. The van der Waals surface area contributed by atoms with Gasteiger partial charge < -0.3 is 4.79 Å². The Morgan fingerprint density at radius 1 is 1.24 bits per heavy atom. The third-order valence-electron chi connectivity index (χ3n) is 5.09. The molecule has 0 aromatic carbocycles. The molecule has 2 aliphatic rings. The summed E-state index contributed by atoms with van der Waals surface area (Å²) < 4.78 is 0. The van der Waals surface area contributed by atoms with E-state index in [-0.39, 0.29) is 5.41 Å². The molecule has 0 bridgehead atoms. The summed E-state index contributed by atoms with van der Waals surface area (Å²) in [5.41, 5.74) is -0.00889. The molecule has 17 heavy (non-hydrogen) atoms. The van der Waals surface area contributed by atoms with E-state index in [4.69, 9.17) is 0 Å². The van der Waals surface area contributed by atoms with Crippen molar-refractivity contribution in [1.29, 1.82) is 0 Å². The second-order valence-electron chi connectivity index (χ2n) is 6.68. The first-order chi connectivity index (χ1) is 8.06. The van der Waals surface area contributed by atoms with Gasteiger partial charge >= 0.3 is 0 Å². The van der Waals surface area contributed by atoms with Crippen LogP contribution in [0.4, 0.5) is 0 Å². The van der Waals surface area contributed by atoms with Crippen molar-refractivity contribution in [1.82, 2.24) is 4.90 Å². The number of nitrogens with zero attached hydrogens (tertiary/aromatic N) is 1. The highest BCUT2D eigenvalue weighted by atomic mass is 16.1. The highest BCUT2D eigenvalue weighted by Crippen LogP contribution is 2.39. The lowest BCUT2D eigenvalue weighted by Gasteiger charge is -2.44. The standard InChI is InChI=1S/C15H27NO/c1-12-8-13(2)14(3)16(9-12)10-15(11-17)6-4-5-7-15/h11-14H,4-10H2,1-3H3. The van der Waals surface area contributed by atoms with Crippen LogP contribution in [-0.2, 0) is 4.79 Å². The fraction of sp³-hybridized carbons (Fsp3) is 0.933. The molecule has 2 rings (SSSR count). The molecule has 0 N–H and O–H groups in total. The largest absolute Gasteiger partial charge is 0.303 e. The monoisotopic (exact) mass is 237 g/mol. The van der Waals surface area contributed by atoms with Crippen molar-refractivity contribution in [2.24, 2.45) is 17.3 Å². The Morgan fingerprint density at radius 2 is 1.88 bits per heavy atom. The molecule has 0 aromatic rings. The van der Waals surface area contributed by atoms with Crippen LogP contribution in [0.5, 0.6) is 0 Å². The van der Waals surface area contributed by atoms with Gasteiger partial charge in [-0.05, 0) is 38.0 Å². The molecular formula is C15H27NO. The minimum Gasteiger partial charge on any atom is -0.303 e. The number of piperidine rings is 1. The Bertz CT molecular complexity index is 270. The number of carbonyl (C=O) groups excluding carboxylic acids is 1. The third-order valence-corrected chi connectivity index (χ3v) is 5.09. The van der Waals surface area contributed by atoms with E-state index in [1.165, 1.54) is 32.1 Å². The molecule has 2 fully saturated rings. The summed E-state index contributed by atoms with van der Waals surface area (Å²) in [4.78, 5) is 14.0. The summed E-state index contributed by atoms with van der Waals surface area (Å²) in [5.74, 6) is 1.55. The molecule has 1 saturated carbocycles. The van der Waals surface area contributed by atoms with Gasteiger partial charge in [0.1, 0.15) is 6.29 Å². The van der Waals surface area contributed by atoms with Crippen LogP contribution < -0.4 is 0 Å². The highest BCUT2D eigenvalue weighted by molar-refractivity contribution is 5.60. The summed E-state index contributed by atoms with van der Waals surface area (Å²) in [6.45, 7) is 9.23. The Balaban J connectivity index is 2.03. The van der Waals surface area contributed by atoms with Crippen molar-refractivity contribution in [2.75, 3.05) is 13.1 Å². The van der Waals surface area contributed by atoms with E-state index in [1.807, 2.05) is 0 Å². The second-order valence-corrected chi connectivity index (χ2v) is 6.68. The van der Waals surface area contributed by atoms with Gasteiger partial charge in [0, 0.05) is 24.5 Å². The molecular weight excluding hydrogens is 210 g/mol. The molecule has 1 aliphatic carbocycles. The number of aldehydes is 1. The first-order valence-electron chi connectivity index (χ1n) is 7.27. The van der Waals surface area contributed by atoms with Crippen LogP contribution in [0.15, 0.2) is 0 Å². The SMILES string of the molecule is CC1CC(C)C(C)N(CC2(C=O)CCCC2)C1. The normalized spacial score (nSPS) is 38.2. The molecule has 0 aromatic heterocycles. The minimum absolute atomic E-state index is 0.00889. The topological polar surface area (TPSA) is 20.3 Å². The molecule has 3 unspecified atom stereocenters. The first kappa shape index (κ1) is 13.1. The Hall–Kier alpha value is -0.370. The van der Waals surface area contributed by atoms with Gasteiger partial charge in [0.05, 0.1) is 0 Å². The zero-order valence-corrected chi connectivity index (χ0v) is 11.6. The molecule has 2 heteroatoms. The maximum atomic E-state index is 11.4. The molecule has 0 radical (unpaired) electrons. The lowest BCUT2D eigenvalue weighted by molar-refractivity contribution is -0.118. The number of hydrogen-bond donors (Lipinski definition) is 0. The van der Waals surface area contributed by atoms with Gasteiger partial charge in [0.2, 0.25) is 0 Å². The van der Waals surface area contributed by atoms with Gasteiger partial charge in [-0.1, -0.05) is 26.7 Å². The van der Waals surface area contributed by atoms with E-state index in [0.717, 1.165) is 31.2 Å². The average Bonchev–Trinajstić information content (AvgIpc) is 2.74. The quantitative estimate of drug-likeness (QED) is 0.703. The van der Waals surface area contributed by atoms with E-state index in [1.54, 1.807) is 0 Å². The summed E-state index contributed by atoms with van der Waals surface area (Å²) in [7, 11) is 0. The lowest BCUT2D eigenvalue weighted by Crippen LogP contribution is -2.50. The fourth-order valence-electron chi connectivity index (χ4n) is 3.84. The maximum absolute atomic E-state index is 11.4. The van der Waals surface area contributed by atoms with Crippen LogP contribution in [0.25, 0.3) is 0 Å². The average molecular weight is 237 g/mol. The van der Waals surface area contributed by atoms with Gasteiger partial charge in [0.25, 0.3) is 0 Å². The minimum atomic E-state index is -0.00889. The predicted molar refractivity (Wildman–Crippen MR) is 70.9 cm³/mol. The van der Waals surface area contributed by atoms with Crippen molar-refractivity contribution < 1.29 is 4.79 Å². The Kier molecular flexibility index (Phi) is 3.92. The van der Waals surface area contributed by atoms with Crippen LogP contribution in [0.3, 0.4) is 0 Å². The van der Waals surface area contributed by atoms with Crippen LogP contribution >= 0.6 is 0 Å². The molecule has 3 atom stereocenters. The van der Waals surface area contributed by atoms with Crippen molar-refractivity contribution in [3.63, 3.8) is 0 Å². The van der Waals surface area contributed by atoms with E-state index in [0.29, 0.717) is 6.04 Å². The van der Waals surface area contributed by atoms with E-state index in [9.17, 15) is 4.79 Å². The van der Waals surface area contributed by atoms with Gasteiger partial charge in [0.15, 0.2) is 0 Å². The highest BCUT2D eigenvalue weighted by Gasteiger charge is 2.39. The van der Waals surface area contributed by atoms with Crippen LogP contribution in [0.1, 0.15) is 52.9 Å². The van der Waals surface area contributed by atoms with E-state index >= 15 is 0 Å². The van der Waals surface area contributed by atoms with Crippen molar-refractivity contribution in [3.05, 3.63) is 0 Å². The van der Waals surface area contributed by atoms with Gasteiger partial charge in [-0.25, -0.2) is 0 Å². The molecule has 1 saturated heterocycles. The van der Waals surface area contributed by atoms with E-state index in [2.05, 4.69) is 25.7 Å². The Morgan fingerprint density at radius 3 is 2.47 bits per heavy atom. The second kappa shape index (κ2) is 5.09. The fourth-order valence-corrected chi connectivity index (χ4v) is 3.84. The molecule has 0 amide bonds.